The molecule has 25 heavy (non-hydrogen) atoms. The Labute approximate surface area is 147 Å². The van der Waals surface area contributed by atoms with Crippen molar-refractivity contribution >= 4 is 0 Å². The van der Waals surface area contributed by atoms with Gasteiger partial charge < -0.3 is 4.74 Å². The molecule has 0 spiro atoms. The Morgan fingerprint density at radius 2 is 1.88 bits per heavy atom. The summed E-state index contributed by atoms with van der Waals surface area (Å²) in [6.07, 6.45) is 2.15. The number of nitrogens with zero attached hydrogens (tertiary/aromatic N) is 3. The van der Waals surface area contributed by atoms with E-state index in [4.69, 9.17) is 10.00 Å². The first-order valence-electron chi connectivity index (χ1n) is 8.36. The minimum absolute atomic E-state index is 0.227. The SMILES string of the molecule is CC(Oc1ccc(CCCC#N)cc1)c1nc(-c2ccccc2)n[nH]1. The molecule has 1 heterocycles. The standard InChI is InChI=1S/C20H20N4O/c1-15(19-22-20(24-23-19)17-8-3-2-4-9-17)25-18-12-10-16(11-13-18)7-5-6-14-21/h2-4,8-13,15H,5-7H2,1H3,(H,22,23,24). The van der Waals surface area contributed by atoms with E-state index in [0.29, 0.717) is 18.1 Å². The van der Waals surface area contributed by atoms with Gasteiger partial charge in [-0.15, -0.1) is 0 Å². The van der Waals surface area contributed by atoms with Gasteiger partial charge in [-0.25, -0.2) is 4.98 Å². The molecule has 5 nitrogen and oxygen atoms in total. The maximum absolute atomic E-state index is 8.59. The highest BCUT2D eigenvalue weighted by Gasteiger charge is 2.13. The third kappa shape index (κ3) is 4.45. The molecule has 5 heteroatoms. The first kappa shape index (κ1) is 16.7. The van der Waals surface area contributed by atoms with Crippen LogP contribution in [0.4, 0.5) is 0 Å². The quantitative estimate of drug-likeness (QED) is 0.648. The normalized spacial score (nSPS) is 11.7. The number of aromatic amines is 1. The number of nitriles is 1. The fourth-order valence-electron chi connectivity index (χ4n) is 2.54. The summed E-state index contributed by atoms with van der Waals surface area (Å²) in [5, 5.41) is 15.8. The van der Waals surface area contributed by atoms with E-state index in [1.54, 1.807) is 0 Å². The number of hydrogen-bond acceptors (Lipinski definition) is 4. The Morgan fingerprint density at radius 3 is 2.60 bits per heavy atom. The number of unbranched alkanes of at least 4 members (excludes halogenated alkanes) is 1. The number of aryl methyl sites for hydroxylation is 1. The molecule has 0 aliphatic carbocycles. The van der Waals surface area contributed by atoms with E-state index in [1.807, 2.05) is 61.5 Å². The number of aromatic nitrogens is 3. The van der Waals surface area contributed by atoms with Crippen LogP contribution in [0.1, 0.15) is 37.3 Å². The number of nitrogens with one attached hydrogen (secondary N) is 1. The fraction of sp³-hybridized carbons (Fsp3) is 0.250. The summed E-state index contributed by atoms with van der Waals surface area (Å²) >= 11 is 0. The van der Waals surface area contributed by atoms with Crippen LogP contribution in [0.2, 0.25) is 0 Å². The second-order valence-electron chi connectivity index (χ2n) is 5.83. The lowest BCUT2D eigenvalue weighted by Gasteiger charge is -2.12. The summed E-state index contributed by atoms with van der Waals surface area (Å²) in [4.78, 5) is 4.52. The lowest BCUT2D eigenvalue weighted by molar-refractivity contribution is 0.217. The molecule has 0 aliphatic heterocycles. The molecule has 0 fully saturated rings. The molecule has 0 saturated heterocycles. The van der Waals surface area contributed by atoms with Crippen molar-refractivity contribution in [1.82, 2.24) is 15.2 Å². The van der Waals surface area contributed by atoms with Crippen molar-refractivity contribution in [3.05, 3.63) is 66.0 Å². The minimum Gasteiger partial charge on any atom is -0.483 e. The van der Waals surface area contributed by atoms with Crippen molar-refractivity contribution in [2.24, 2.45) is 0 Å². The Balaban J connectivity index is 1.61. The zero-order chi connectivity index (χ0) is 17.5. The van der Waals surface area contributed by atoms with Gasteiger partial charge in [-0.3, -0.25) is 5.10 Å². The number of ether oxygens (including phenoxy) is 1. The van der Waals surface area contributed by atoms with E-state index < -0.39 is 0 Å². The maximum Gasteiger partial charge on any atom is 0.181 e. The van der Waals surface area contributed by atoms with Crippen LogP contribution in [0.15, 0.2) is 54.6 Å². The molecular formula is C20H20N4O. The van der Waals surface area contributed by atoms with Gasteiger partial charge in [0.1, 0.15) is 5.75 Å². The molecular weight excluding hydrogens is 312 g/mol. The van der Waals surface area contributed by atoms with Gasteiger partial charge in [0.2, 0.25) is 0 Å². The smallest absolute Gasteiger partial charge is 0.181 e. The molecule has 0 amide bonds. The summed E-state index contributed by atoms with van der Waals surface area (Å²) in [5.74, 6) is 2.14. The lowest BCUT2D eigenvalue weighted by Crippen LogP contribution is -2.05. The van der Waals surface area contributed by atoms with Crippen molar-refractivity contribution in [1.29, 1.82) is 5.26 Å². The monoisotopic (exact) mass is 332 g/mol. The van der Waals surface area contributed by atoms with Crippen molar-refractivity contribution in [2.45, 2.75) is 32.3 Å². The van der Waals surface area contributed by atoms with E-state index in [2.05, 4.69) is 21.3 Å². The van der Waals surface area contributed by atoms with Gasteiger partial charge in [0, 0.05) is 12.0 Å². The Bertz CT molecular complexity index is 834. The van der Waals surface area contributed by atoms with E-state index in [9.17, 15) is 0 Å². The molecule has 1 aromatic heterocycles. The first-order chi connectivity index (χ1) is 12.3. The maximum atomic E-state index is 8.59. The molecule has 3 rings (SSSR count). The third-order valence-electron chi connectivity index (χ3n) is 3.91. The molecule has 126 valence electrons. The average molecular weight is 332 g/mol. The zero-order valence-corrected chi connectivity index (χ0v) is 14.1. The van der Waals surface area contributed by atoms with Crippen molar-refractivity contribution in [3.63, 3.8) is 0 Å². The zero-order valence-electron chi connectivity index (χ0n) is 14.1. The van der Waals surface area contributed by atoms with Crippen LogP contribution < -0.4 is 4.74 Å². The second-order valence-corrected chi connectivity index (χ2v) is 5.83. The molecule has 1 unspecified atom stereocenters. The van der Waals surface area contributed by atoms with Crippen LogP contribution >= 0.6 is 0 Å². The van der Waals surface area contributed by atoms with Crippen LogP contribution in [0.3, 0.4) is 0 Å². The highest BCUT2D eigenvalue weighted by molar-refractivity contribution is 5.53. The number of rotatable bonds is 7. The Hall–Kier alpha value is -3.13. The molecule has 0 radical (unpaired) electrons. The average Bonchev–Trinajstić information content (AvgIpc) is 3.14. The Morgan fingerprint density at radius 1 is 1.12 bits per heavy atom. The van der Waals surface area contributed by atoms with Gasteiger partial charge in [0.15, 0.2) is 17.8 Å². The van der Waals surface area contributed by atoms with Crippen molar-refractivity contribution in [2.75, 3.05) is 0 Å². The van der Waals surface area contributed by atoms with Crippen LogP contribution in [0.25, 0.3) is 11.4 Å². The highest BCUT2D eigenvalue weighted by atomic mass is 16.5. The van der Waals surface area contributed by atoms with Crippen molar-refractivity contribution < 1.29 is 4.74 Å². The molecule has 2 aromatic carbocycles. The van der Waals surface area contributed by atoms with E-state index in [1.165, 1.54) is 5.56 Å². The van der Waals surface area contributed by atoms with E-state index in [-0.39, 0.29) is 6.10 Å². The van der Waals surface area contributed by atoms with Gasteiger partial charge in [-0.2, -0.15) is 10.4 Å². The van der Waals surface area contributed by atoms with Crippen LogP contribution in [-0.4, -0.2) is 15.2 Å². The highest BCUT2D eigenvalue weighted by Crippen LogP contribution is 2.22. The topological polar surface area (TPSA) is 74.6 Å². The summed E-state index contributed by atoms with van der Waals surface area (Å²) in [6.45, 7) is 1.94. The predicted molar refractivity (Wildman–Crippen MR) is 95.9 cm³/mol. The largest absolute Gasteiger partial charge is 0.483 e. The van der Waals surface area contributed by atoms with Gasteiger partial charge in [-0.1, -0.05) is 42.5 Å². The molecule has 1 N–H and O–H groups in total. The molecule has 3 aromatic rings. The number of benzene rings is 2. The van der Waals surface area contributed by atoms with E-state index >= 15 is 0 Å². The van der Waals surface area contributed by atoms with Crippen LogP contribution in [0.5, 0.6) is 5.75 Å². The Kier molecular flexibility index (Phi) is 5.43. The molecule has 1 atom stereocenters. The minimum atomic E-state index is -0.227. The summed E-state index contributed by atoms with van der Waals surface area (Å²) in [5.41, 5.74) is 2.18. The van der Waals surface area contributed by atoms with Crippen LogP contribution in [-0.2, 0) is 6.42 Å². The van der Waals surface area contributed by atoms with Crippen LogP contribution in [0, 0.1) is 11.3 Å². The van der Waals surface area contributed by atoms with Gasteiger partial charge in [-0.05, 0) is 37.5 Å². The van der Waals surface area contributed by atoms with Crippen molar-refractivity contribution in [3.8, 4) is 23.2 Å². The van der Waals surface area contributed by atoms with Gasteiger partial charge in [0.25, 0.3) is 0 Å². The lowest BCUT2D eigenvalue weighted by atomic mass is 10.1. The number of H-pyrrole nitrogens is 1. The molecule has 0 aliphatic rings. The van der Waals surface area contributed by atoms with Gasteiger partial charge >= 0.3 is 0 Å². The number of hydrogen-bond donors (Lipinski definition) is 1. The predicted octanol–water partition coefficient (Wildman–Crippen LogP) is 4.46. The molecule has 0 bridgehead atoms. The summed E-state index contributed by atoms with van der Waals surface area (Å²) in [6, 6.07) is 20.0. The van der Waals surface area contributed by atoms with Gasteiger partial charge in [0.05, 0.1) is 6.07 Å². The summed E-state index contributed by atoms with van der Waals surface area (Å²) < 4.78 is 5.94. The van der Waals surface area contributed by atoms with E-state index in [0.717, 1.165) is 24.2 Å². The first-order valence-corrected chi connectivity index (χ1v) is 8.36. The molecule has 0 saturated carbocycles. The summed E-state index contributed by atoms with van der Waals surface area (Å²) in [7, 11) is 0. The second kappa shape index (κ2) is 8.11. The third-order valence-corrected chi connectivity index (χ3v) is 3.91. The fourth-order valence-corrected chi connectivity index (χ4v) is 2.54.